The minimum Gasteiger partial charge on any atom is -0.457 e. The van der Waals surface area contributed by atoms with Crippen molar-refractivity contribution in [1.82, 2.24) is 4.57 Å². The molecule has 3 nitrogen and oxygen atoms in total. The van der Waals surface area contributed by atoms with E-state index < -0.39 is 10.8 Å². The number of aromatic nitrogens is 1. The zero-order chi connectivity index (χ0) is 47.1. The summed E-state index contributed by atoms with van der Waals surface area (Å²) in [5, 5.41) is 2.44. The average molecular weight is 935 g/mol. The molecule has 72 heavy (non-hydrogen) atoms. The van der Waals surface area contributed by atoms with Gasteiger partial charge >= 0.3 is 0 Å². The van der Waals surface area contributed by atoms with Crippen LogP contribution < -0.4 is 9.64 Å². The van der Waals surface area contributed by atoms with Gasteiger partial charge in [0.25, 0.3) is 0 Å². The molecule has 0 fully saturated rings. The lowest BCUT2D eigenvalue weighted by Gasteiger charge is -2.40. The monoisotopic (exact) mass is 934 g/mol. The third-order valence-electron chi connectivity index (χ3n) is 16.1. The quantitative estimate of drug-likeness (QED) is 0.175. The molecule has 0 amide bonds. The van der Waals surface area contributed by atoms with E-state index in [2.05, 4.69) is 264 Å². The minimum absolute atomic E-state index is 0.541. The van der Waals surface area contributed by atoms with Crippen molar-refractivity contribution in [2.24, 2.45) is 0 Å². The highest BCUT2D eigenvalue weighted by atomic mass is 32.2. The van der Waals surface area contributed by atoms with Gasteiger partial charge in [0.05, 0.1) is 27.6 Å². The third kappa shape index (κ3) is 5.11. The maximum absolute atomic E-state index is 6.78. The van der Waals surface area contributed by atoms with Gasteiger partial charge in [0, 0.05) is 54.3 Å². The summed E-state index contributed by atoms with van der Waals surface area (Å²) in [5.74, 6) is 1.77. The molecule has 12 aromatic rings. The maximum atomic E-state index is 6.78. The fraction of sp³-hybridized carbons (Fsp3) is 0.0294. The number of benzene rings is 11. The van der Waals surface area contributed by atoms with Gasteiger partial charge in [-0.25, -0.2) is 0 Å². The molecule has 0 unspecified atom stereocenters. The molecule has 16 rings (SSSR count). The molecule has 11 aromatic carbocycles. The van der Waals surface area contributed by atoms with E-state index in [-0.39, 0.29) is 0 Å². The number of hydrogen-bond donors (Lipinski definition) is 0. The number of anilines is 3. The first kappa shape index (κ1) is 40.0. The highest BCUT2D eigenvalue weighted by Gasteiger charge is 2.53. The molecule has 0 radical (unpaired) electrons. The first-order chi connectivity index (χ1) is 35.7. The maximum Gasteiger partial charge on any atom is 0.132 e. The Morgan fingerprint density at radius 1 is 0.347 bits per heavy atom. The summed E-state index contributed by atoms with van der Waals surface area (Å²) in [6.07, 6.45) is 0. The van der Waals surface area contributed by atoms with Gasteiger partial charge in [-0.1, -0.05) is 194 Å². The van der Waals surface area contributed by atoms with Crippen LogP contribution >= 0.6 is 11.8 Å². The van der Waals surface area contributed by atoms with E-state index in [0.717, 1.165) is 50.9 Å². The molecular formula is C68H42N2OS. The topological polar surface area (TPSA) is 17.4 Å². The third-order valence-corrected chi connectivity index (χ3v) is 17.3. The Hall–Kier alpha value is -8.83. The molecule has 0 atom stereocenters. The van der Waals surface area contributed by atoms with Gasteiger partial charge in [-0.05, 0) is 123 Å². The number of para-hydroxylation sites is 4. The van der Waals surface area contributed by atoms with Gasteiger partial charge in [0.1, 0.15) is 11.5 Å². The zero-order valence-electron chi connectivity index (χ0n) is 39.0. The molecule has 0 saturated heterocycles. The van der Waals surface area contributed by atoms with Crippen molar-refractivity contribution < 1.29 is 4.74 Å². The van der Waals surface area contributed by atoms with Crippen LogP contribution in [0, 0.1) is 0 Å². The SMILES string of the molecule is c1ccc(-n2c3ccccc3c3ccc(N(c4ccc5c(c4)C4(c6ccccc6Sc6ccccc64)c4ccccc4-5)c4cccc5c4-c4ccccc4C54c5ccccc5Oc5ccccc54)cc32)cc1. The number of ether oxygens (including phenoxy) is 1. The smallest absolute Gasteiger partial charge is 0.132 e. The summed E-state index contributed by atoms with van der Waals surface area (Å²) in [6, 6.07) is 94.7. The molecule has 4 heteroatoms. The standard InChI is InChI=1S/C68H42N2OS/c1-2-19-43(20-3-1)70-59-31-13-6-22-48(59)49-40-38-45(42-61(49)70)69(44-37-39-47-46-21-4-7-24-51(46)68(58(47)41-44)55-28-11-16-35-64(55)72-65-36-17-12-29-56(65)68)60-32-18-30-57-66(60)50-23-5-8-25-52(50)67(57)53-26-9-14-33-62(53)71-63-34-15-10-27-54(63)67/h1-42H. The van der Waals surface area contributed by atoms with Crippen LogP contribution in [0.4, 0.5) is 17.1 Å². The number of fused-ring (bicyclic) bond motifs is 21. The minimum atomic E-state index is -0.625. The van der Waals surface area contributed by atoms with Gasteiger partial charge < -0.3 is 14.2 Å². The molecule has 336 valence electrons. The van der Waals surface area contributed by atoms with Gasteiger partial charge in [-0.2, -0.15) is 0 Å². The van der Waals surface area contributed by atoms with Crippen LogP contribution in [0.2, 0.25) is 0 Å². The lowest BCUT2D eigenvalue weighted by molar-refractivity contribution is 0.436. The second-order valence-corrected chi connectivity index (χ2v) is 20.5. The predicted molar refractivity (Wildman–Crippen MR) is 294 cm³/mol. The normalized spacial score (nSPS) is 14.4. The highest BCUT2D eigenvalue weighted by Crippen LogP contribution is 2.66. The van der Waals surface area contributed by atoms with Crippen LogP contribution in [0.3, 0.4) is 0 Å². The number of nitrogens with zero attached hydrogens (tertiary/aromatic N) is 2. The Kier molecular flexibility index (Phi) is 8.24. The largest absolute Gasteiger partial charge is 0.457 e. The molecule has 2 aliphatic carbocycles. The molecule has 4 aliphatic rings. The predicted octanol–water partition coefficient (Wildman–Crippen LogP) is 17.5. The van der Waals surface area contributed by atoms with Crippen molar-refractivity contribution >= 4 is 50.6 Å². The summed E-state index contributed by atoms with van der Waals surface area (Å²) in [7, 11) is 0. The van der Waals surface area contributed by atoms with Crippen molar-refractivity contribution in [3.8, 4) is 39.4 Å². The van der Waals surface area contributed by atoms with E-state index in [1.807, 2.05) is 11.8 Å². The average Bonchev–Trinajstić information content (AvgIpc) is 4.05. The van der Waals surface area contributed by atoms with Crippen LogP contribution in [0.1, 0.15) is 44.5 Å². The van der Waals surface area contributed by atoms with E-state index >= 15 is 0 Å². The molecule has 2 spiro atoms. The van der Waals surface area contributed by atoms with Crippen LogP contribution in [-0.4, -0.2) is 4.57 Å². The van der Waals surface area contributed by atoms with Gasteiger partial charge in [0.2, 0.25) is 0 Å². The van der Waals surface area contributed by atoms with E-state index in [0.29, 0.717) is 0 Å². The zero-order valence-corrected chi connectivity index (χ0v) is 39.8. The van der Waals surface area contributed by atoms with Gasteiger partial charge in [-0.15, -0.1) is 0 Å². The number of hydrogen-bond acceptors (Lipinski definition) is 3. The Balaban J connectivity index is 1.03. The first-order valence-corrected chi connectivity index (χ1v) is 25.6. The van der Waals surface area contributed by atoms with Gasteiger partial charge in [-0.3, -0.25) is 0 Å². The van der Waals surface area contributed by atoms with Crippen LogP contribution in [-0.2, 0) is 10.8 Å². The first-order valence-electron chi connectivity index (χ1n) is 24.8. The summed E-state index contributed by atoms with van der Waals surface area (Å²) in [6.45, 7) is 0. The van der Waals surface area contributed by atoms with Crippen LogP contribution in [0.25, 0.3) is 49.7 Å². The molecular weight excluding hydrogens is 893 g/mol. The fourth-order valence-corrected chi connectivity index (χ4v) is 14.6. The van der Waals surface area contributed by atoms with Crippen LogP contribution in [0.15, 0.2) is 265 Å². The van der Waals surface area contributed by atoms with E-state index in [1.165, 1.54) is 81.7 Å². The summed E-state index contributed by atoms with van der Waals surface area (Å²) < 4.78 is 9.22. The fourth-order valence-electron chi connectivity index (χ4n) is 13.4. The van der Waals surface area contributed by atoms with Crippen molar-refractivity contribution in [3.63, 3.8) is 0 Å². The molecule has 0 N–H and O–H groups in total. The van der Waals surface area contributed by atoms with Crippen molar-refractivity contribution in [2.45, 2.75) is 20.6 Å². The summed E-state index contributed by atoms with van der Waals surface area (Å²) in [4.78, 5) is 5.14. The lowest BCUT2D eigenvalue weighted by atomic mass is 9.66. The molecule has 0 bridgehead atoms. The summed E-state index contributed by atoms with van der Waals surface area (Å²) >= 11 is 1.89. The van der Waals surface area contributed by atoms with Crippen molar-refractivity contribution in [3.05, 3.63) is 299 Å². The van der Waals surface area contributed by atoms with E-state index in [9.17, 15) is 0 Å². The van der Waals surface area contributed by atoms with Crippen LogP contribution in [0.5, 0.6) is 11.5 Å². The molecule has 3 heterocycles. The molecule has 2 aliphatic heterocycles. The van der Waals surface area contributed by atoms with E-state index in [4.69, 9.17) is 4.74 Å². The van der Waals surface area contributed by atoms with E-state index in [1.54, 1.807) is 0 Å². The Morgan fingerprint density at radius 2 is 0.861 bits per heavy atom. The second kappa shape index (κ2) is 14.8. The Morgan fingerprint density at radius 3 is 1.60 bits per heavy atom. The summed E-state index contributed by atoms with van der Waals surface area (Å²) in [5.41, 5.74) is 20.6. The Labute approximate surface area is 421 Å². The van der Waals surface area contributed by atoms with Crippen molar-refractivity contribution in [1.29, 1.82) is 0 Å². The van der Waals surface area contributed by atoms with Gasteiger partial charge in [0.15, 0.2) is 0 Å². The molecule has 0 saturated carbocycles. The highest BCUT2D eigenvalue weighted by molar-refractivity contribution is 7.99. The Bertz CT molecular complexity index is 4170. The second-order valence-electron chi connectivity index (χ2n) is 19.4. The van der Waals surface area contributed by atoms with Crippen molar-refractivity contribution in [2.75, 3.05) is 4.90 Å². The molecule has 1 aromatic heterocycles. The lowest BCUT2D eigenvalue weighted by Crippen LogP contribution is -2.32. The number of rotatable bonds is 4.